The van der Waals surface area contributed by atoms with E-state index < -0.39 is 0 Å². The first kappa shape index (κ1) is 26.8. The third kappa shape index (κ3) is 5.48. The molecular weight excluding hydrogens is 524 g/mol. The number of nitrogens with zero attached hydrogens (tertiary/aromatic N) is 7. The second kappa shape index (κ2) is 11.6. The first-order valence-corrected chi connectivity index (χ1v) is 13.7. The van der Waals surface area contributed by atoms with Crippen LogP contribution in [-0.2, 0) is 9.53 Å². The molecule has 2 aliphatic heterocycles. The predicted molar refractivity (Wildman–Crippen MR) is 156 cm³/mol. The van der Waals surface area contributed by atoms with Crippen molar-refractivity contribution in [3.63, 3.8) is 0 Å². The van der Waals surface area contributed by atoms with Crippen LogP contribution < -0.4 is 20.1 Å². The average molecular weight is 559 g/mol. The third-order valence-corrected chi connectivity index (χ3v) is 7.62. The highest BCUT2D eigenvalue weighted by molar-refractivity contribution is 5.99. The molecule has 214 valence electrons. The van der Waals surface area contributed by atoms with Gasteiger partial charge in [-0.3, -0.25) is 9.69 Å². The van der Waals surface area contributed by atoms with Gasteiger partial charge in [-0.15, -0.1) is 5.10 Å². The smallest absolute Gasteiger partial charge is 0.236 e. The SMILES string of the molecule is COc1ccc(-c2nc(N3CCN(CC(=O)N4CCOCC4)CC3)nc3nn(-c4ccc(OC)cc4)c(N)c23)cc1. The van der Waals surface area contributed by atoms with E-state index in [4.69, 9.17) is 35.0 Å². The number of hydrogen-bond acceptors (Lipinski definition) is 10. The summed E-state index contributed by atoms with van der Waals surface area (Å²) in [6, 6.07) is 15.3. The molecule has 6 rings (SSSR count). The number of methoxy groups -OCH3 is 2. The van der Waals surface area contributed by atoms with Crippen LogP contribution in [0.2, 0.25) is 0 Å². The lowest BCUT2D eigenvalue weighted by Gasteiger charge is -2.36. The fourth-order valence-corrected chi connectivity index (χ4v) is 5.23. The van der Waals surface area contributed by atoms with E-state index in [0.29, 0.717) is 74.4 Å². The molecule has 4 heterocycles. The van der Waals surface area contributed by atoms with Crippen molar-refractivity contribution < 1.29 is 19.0 Å². The van der Waals surface area contributed by atoms with Crippen LogP contribution in [0, 0.1) is 0 Å². The molecule has 2 aromatic carbocycles. The van der Waals surface area contributed by atoms with Crippen molar-refractivity contribution in [3.05, 3.63) is 48.5 Å². The number of morpholine rings is 1. The van der Waals surface area contributed by atoms with E-state index in [2.05, 4.69) is 9.80 Å². The fourth-order valence-electron chi connectivity index (χ4n) is 5.23. The van der Waals surface area contributed by atoms with Crippen LogP contribution in [0.5, 0.6) is 11.5 Å². The molecule has 0 atom stereocenters. The highest BCUT2D eigenvalue weighted by Gasteiger charge is 2.26. The van der Waals surface area contributed by atoms with Crippen molar-refractivity contribution in [2.24, 2.45) is 0 Å². The van der Waals surface area contributed by atoms with E-state index in [0.717, 1.165) is 35.8 Å². The van der Waals surface area contributed by atoms with Crippen LogP contribution in [0.4, 0.5) is 11.8 Å². The maximum absolute atomic E-state index is 12.8. The van der Waals surface area contributed by atoms with Crippen LogP contribution in [0.1, 0.15) is 0 Å². The molecule has 0 unspecified atom stereocenters. The summed E-state index contributed by atoms with van der Waals surface area (Å²) in [6.45, 7) is 5.80. The molecule has 2 aliphatic rings. The van der Waals surface area contributed by atoms with Crippen LogP contribution in [-0.4, -0.2) is 109 Å². The number of fused-ring (bicyclic) bond motifs is 1. The first-order chi connectivity index (χ1) is 20.0. The Labute approximate surface area is 238 Å². The second-order valence-corrected chi connectivity index (χ2v) is 10.1. The zero-order valence-corrected chi connectivity index (χ0v) is 23.3. The van der Waals surface area contributed by atoms with E-state index in [1.165, 1.54) is 0 Å². The zero-order chi connectivity index (χ0) is 28.3. The Bertz CT molecular complexity index is 1510. The minimum Gasteiger partial charge on any atom is -0.497 e. The van der Waals surface area contributed by atoms with Gasteiger partial charge in [-0.1, -0.05) is 0 Å². The number of piperazine rings is 1. The summed E-state index contributed by atoms with van der Waals surface area (Å²) in [6.07, 6.45) is 0. The summed E-state index contributed by atoms with van der Waals surface area (Å²) >= 11 is 0. The number of aromatic nitrogens is 4. The van der Waals surface area contributed by atoms with Gasteiger partial charge in [0.25, 0.3) is 0 Å². The maximum atomic E-state index is 12.8. The highest BCUT2D eigenvalue weighted by atomic mass is 16.5. The van der Waals surface area contributed by atoms with Gasteiger partial charge in [-0.05, 0) is 48.5 Å². The molecule has 0 radical (unpaired) electrons. The van der Waals surface area contributed by atoms with Gasteiger partial charge < -0.3 is 29.7 Å². The molecule has 2 fully saturated rings. The van der Waals surface area contributed by atoms with Gasteiger partial charge in [-0.2, -0.15) is 4.98 Å². The molecule has 2 N–H and O–H groups in total. The standard InChI is InChI=1S/C29H34N8O4/c1-39-22-7-3-20(4-8-22)26-25-27(30)37(21-5-9-23(40-2)10-6-21)33-28(25)32-29(31-26)36-13-11-34(12-14-36)19-24(38)35-15-17-41-18-16-35/h3-10H,11-19,30H2,1-2H3. The number of nitrogens with two attached hydrogens (primary N) is 1. The maximum Gasteiger partial charge on any atom is 0.236 e. The average Bonchev–Trinajstić information content (AvgIpc) is 3.37. The zero-order valence-electron chi connectivity index (χ0n) is 23.3. The Balaban J connectivity index is 1.30. The number of rotatable bonds is 7. The van der Waals surface area contributed by atoms with Crippen molar-refractivity contribution in [2.75, 3.05) is 83.9 Å². The topological polar surface area (TPSA) is 124 Å². The summed E-state index contributed by atoms with van der Waals surface area (Å²) in [5.74, 6) is 2.69. The third-order valence-electron chi connectivity index (χ3n) is 7.62. The fraction of sp³-hybridized carbons (Fsp3) is 0.379. The Morgan fingerprint density at radius 2 is 1.51 bits per heavy atom. The van der Waals surface area contributed by atoms with Gasteiger partial charge in [0, 0.05) is 44.8 Å². The van der Waals surface area contributed by atoms with Crippen molar-refractivity contribution in [1.82, 2.24) is 29.5 Å². The molecule has 4 aromatic rings. The predicted octanol–water partition coefficient (Wildman–Crippen LogP) is 2.06. The lowest BCUT2D eigenvalue weighted by Crippen LogP contribution is -2.51. The van der Waals surface area contributed by atoms with Gasteiger partial charge in [0.05, 0.1) is 50.7 Å². The number of benzene rings is 2. The van der Waals surface area contributed by atoms with Crippen molar-refractivity contribution in [1.29, 1.82) is 0 Å². The number of anilines is 2. The van der Waals surface area contributed by atoms with E-state index in [1.807, 2.05) is 53.4 Å². The molecule has 0 aliphatic carbocycles. The molecule has 0 bridgehead atoms. The summed E-state index contributed by atoms with van der Waals surface area (Å²) in [7, 11) is 3.27. The van der Waals surface area contributed by atoms with Crippen LogP contribution in [0.3, 0.4) is 0 Å². The monoisotopic (exact) mass is 558 g/mol. The normalized spacial score (nSPS) is 16.2. The summed E-state index contributed by atoms with van der Waals surface area (Å²) in [5, 5.41) is 5.48. The minimum atomic E-state index is 0.153. The van der Waals surface area contributed by atoms with E-state index in [9.17, 15) is 4.79 Å². The highest BCUT2D eigenvalue weighted by Crippen LogP contribution is 2.34. The molecule has 1 amide bonds. The number of amides is 1. The number of hydrogen-bond donors (Lipinski definition) is 1. The second-order valence-electron chi connectivity index (χ2n) is 10.1. The van der Waals surface area contributed by atoms with E-state index in [1.54, 1.807) is 18.9 Å². The lowest BCUT2D eigenvalue weighted by atomic mass is 10.1. The van der Waals surface area contributed by atoms with Gasteiger partial charge in [-0.25, -0.2) is 9.67 Å². The largest absolute Gasteiger partial charge is 0.497 e. The lowest BCUT2D eigenvalue weighted by molar-refractivity contribution is -0.136. The molecular formula is C29H34N8O4. The molecule has 41 heavy (non-hydrogen) atoms. The van der Waals surface area contributed by atoms with Gasteiger partial charge in [0.2, 0.25) is 11.9 Å². The van der Waals surface area contributed by atoms with Gasteiger partial charge in [0.15, 0.2) is 5.65 Å². The van der Waals surface area contributed by atoms with Crippen LogP contribution in [0.15, 0.2) is 48.5 Å². The molecule has 0 spiro atoms. The summed E-state index contributed by atoms with van der Waals surface area (Å²) in [5.41, 5.74) is 9.59. The van der Waals surface area contributed by atoms with Gasteiger partial charge in [0.1, 0.15) is 17.3 Å². The molecule has 2 saturated heterocycles. The number of carbonyl (C=O) groups is 1. The van der Waals surface area contributed by atoms with Crippen LogP contribution in [0.25, 0.3) is 28.0 Å². The van der Waals surface area contributed by atoms with Gasteiger partial charge >= 0.3 is 0 Å². The Kier molecular flexibility index (Phi) is 7.57. The van der Waals surface area contributed by atoms with E-state index in [-0.39, 0.29) is 5.91 Å². The van der Waals surface area contributed by atoms with Crippen molar-refractivity contribution in [2.45, 2.75) is 0 Å². The Hall–Kier alpha value is -4.42. The molecule has 2 aromatic heterocycles. The Morgan fingerprint density at radius 3 is 2.15 bits per heavy atom. The quantitative estimate of drug-likeness (QED) is 0.360. The summed E-state index contributed by atoms with van der Waals surface area (Å²) in [4.78, 5) is 28.9. The van der Waals surface area contributed by atoms with E-state index >= 15 is 0 Å². The summed E-state index contributed by atoms with van der Waals surface area (Å²) < 4.78 is 17.7. The first-order valence-electron chi connectivity index (χ1n) is 13.7. The van der Waals surface area contributed by atoms with Crippen molar-refractivity contribution in [3.8, 4) is 28.4 Å². The van der Waals surface area contributed by atoms with Crippen LogP contribution >= 0.6 is 0 Å². The number of carbonyl (C=O) groups excluding carboxylic acids is 1. The number of ether oxygens (including phenoxy) is 3. The number of nitrogen functional groups attached to an aromatic ring is 1. The molecule has 12 heteroatoms. The molecule has 0 saturated carbocycles. The van der Waals surface area contributed by atoms with Crippen molar-refractivity contribution >= 4 is 28.7 Å². The minimum absolute atomic E-state index is 0.153. The Morgan fingerprint density at radius 1 is 0.878 bits per heavy atom. The molecule has 12 nitrogen and oxygen atoms in total.